The largest absolute Gasteiger partial charge is 0.456 e. The molecule has 0 bridgehead atoms. The van der Waals surface area contributed by atoms with Crippen LogP contribution in [0.2, 0.25) is 0 Å². The zero-order valence-electron chi connectivity index (χ0n) is 38.8. The Hall–Kier alpha value is -5.22. The van der Waals surface area contributed by atoms with Gasteiger partial charge in [0, 0.05) is 51.0 Å². The Morgan fingerprint density at radius 2 is 0.767 bits per heavy atom. The van der Waals surface area contributed by atoms with Gasteiger partial charge in [0.15, 0.2) is 0 Å². The molecule has 2 aliphatic heterocycles. The van der Waals surface area contributed by atoms with Crippen molar-refractivity contribution in [3.05, 3.63) is 137 Å². The highest BCUT2D eigenvalue weighted by Crippen LogP contribution is 2.48. The number of hydrogen-bond acceptors (Lipinski definition) is 3. The fraction of sp³-hybridized carbons (Fsp3) is 0.357. The van der Waals surface area contributed by atoms with Gasteiger partial charge in [-0.1, -0.05) is 152 Å². The molecule has 0 saturated heterocycles. The predicted molar refractivity (Wildman–Crippen MR) is 261 cm³/mol. The number of benzene rings is 6. The first-order valence-electron chi connectivity index (χ1n) is 22.0. The van der Waals surface area contributed by atoms with Gasteiger partial charge in [0.1, 0.15) is 11.2 Å². The standard InChI is InChI=1S/C56H63BN2O/c1-52(2,3)34-16-22-39(23-17-34)58-45-26-20-37(55(10,11)12)29-43(45)57-44-32-42-41-28-36(54(7,8)9)21-27-49(41)60-50(42)33-46(44)59(40-24-18-35(19-25-40)53(4,5)6)48-31-38(56(13,14)15)30-47(58)51(48)57/h16-33H,1-15H3. The summed E-state index contributed by atoms with van der Waals surface area (Å²) in [6.07, 6.45) is 0. The first kappa shape index (κ1) is 40.2. The summed E-state index contributed by atoms with van der Waals surface area (Å²) in [6.45, 7) is 34.7. The molecule has 9 rings (SSSR count). The molecule has 0 unspecified atom stereocenters. The molecule has 0 fully saturated rings. The van der Waals surface area contributed by atoms with E-state index in [9.17, 15) is 0 Å². The number of furan rings is 1. The molecule has 4 heteroatoms. The third-order valence-corrected chi connectivity index (χ3v) is 13.2. The van der Waals surface area contributed by atoms with Gasteiger partial charge in [0.25, 0.3) is 6.71 Å². The smallest absolute Gasteiger partial charge is 0.252 e. The summed E-state index contributed by atoms with van der Waals surface area (Å²) < 4.78 is 6.81. The average molecular weight is 791 g/mol. The SMILES string of the molecule is CC(C)(C)c1ccc(N2c3ccc(C(C)(C)C)cc3B3c4cc5c(cc4N(c4ccc(C(C)(C)C)cc4)c4cc(C(C)(C)C)cc2c43)oc2ccc(C(C)(C)C)cc25)cc1. The Bertz CT molecular complexity index is 2820. The summed E-state index contributed by atoms with van der Waals surface area (Å²) in [7, 11) is 0. The molecule has 1 aromatic heterocycles. The van der Waals surface area contributed by atoms with Crippen molar-refractivity contribution in [3.63, 3.8) is 0 Å². The normalized spacial score (nSPS) is 14.5. The van der Waals surface area contributed by atoms with E-state index < -0.39 is 0 Å². The van der Waals surface area contributed by atoms with Crippen molar-refractivity contribution in [3.8, 4) is 0 Å². The molecule has 7 aromatic rings. The molecule has 0 atom stereocenters. The summed E-state index contributed by atoms with van der Waals surface area (Å²) in [5.74, 6) is 0. The molecular weight excluding hydrogens is 727 g/mol. The van der Waals surface area contributed by atoms with Gasteiger partial charge in [0.2, 0.25) is 0 Å². The number of fused-ring (bicyclic) bond motifs is 7. The molecule has 3 nitrogen and oxygen atoms in total. The summed E-state index contributed by atoms with van der Waals surface area (Å²) in [5.41, 5.74) is 19.6. The highest BCUT2D eigenvalue weighted by atomic mass is 16.3. The molecule has 0 spiro atoms. The van der Waals surface area contributed by atoms with Crippen LogP contribution in [0.25, 0.3) is 21.9 Å². The summed E-state index contributed by atoms with van der Waals surface area (Å²) in [5, 5.41) is 2.35. The first-order chi connectivity index (χ1) is 27.9. The van der Waals surface area contributed by atoms with Gasteiger partial charge in [-0.15, -0.1) is 0 Å². The van der Waals surface area contributed by atoms with Crippen molar-refractivity contribution in [1.82, 2.24) is 0 Å². The van der Waals surface area contributed by atoms with E-state index in [0.717, 1.165) is 16.9 Å². The van der Waals surface area contributed by atoms with Crippen LogP contribution in [0, 0.1) is 0 Å². The fourth-order valence-electron chi connectivity index (χ4n) is 9.41. The third kappa shape index (κ3) is 6.57. The van der Waals surface area contributed by atoms with Crippen molar-refractivity contribution in [2.75, 3.05) is 9.80 Å². The average Bonchev–Trinajstić information content (AvgIpc) is 3.52. The fourth-order valence-corrected chi connectivity index (χ4v) is 9.41. The zero-order chi connectivity index (χ0) is 43.1. The Balaban J connectivity index is 1.42. The number of nitrogens with zero attached hydrogens (tertiary/aromatic N) is 2. The van der Waals surface area contributed by atoms with Crippen LogP contribution in [-0.4, -0.2) is 6.71 Å². The molecule has 3 heterocycles. The summed E-state index contributed by atoms with van der Waals surface area (Å²) in [4.78, 5) is 5.10. The van der Waals surface area contributed by atoms with Gasteiger partial charge >= 0.3 is 0 Å². The van der Waals surface area contributed by atoms with Crippen LogP contribution >= 0.6 is 0 Å². The number of rotatable bonds is 2. The second-order valence-corrected chi connectivity index (χ2v) is 22.9. The molecule has 0 radical (unpaired) electrons. The zero-order valence-corrected chi connectivity index (χ0v) is 38.8. The van der Waals surface area contributed by atoms with Gasteiger partial charge in [0.05, 0.1) is 0 Å². The topological polar surface area (TPSA) is 19.6 Å². The van der Waals surface area contributed by atoms with Crippen molar-refractivity contribution >= 4 is 79.2 Å². The summed E-state index contributed by atoms with van der Waals surface area (Å²) >= 11 is 0. The van der Waals surface area contributed by atoms with Gasteiger partial charge < -0.3 is 14.2 Å². The minimum atomic E-state index is -0.103. The van der Waals surface area contributed by atoms with Crippen LogP contribution in [0.4, 0.5) is 34.1 Å². The lowest BCUT2D eigenvalue weighted by molar-refractivity contribution is 0.589. The molecule has 306 valence electrons. The van der Waals surface area contributed by atoms with E-state index in [1.54, 1.807) is 0 Å². The molecule has 6 aromatic carbocycles. The Labute approximate surface area is 359 Å². The number of anilines is 6. The molecule has 0 aliphatic carbocycles. The highest BCUT2D eigenvalue weighted by molar-refractivity contribution is 7.00. The lowest BCUT2D eigenvalue weighted by Crippen LogP contribution is -2.61. The van der Waals surface area contributed by atoms with Gasteiger partial charge in [-0.25, -0.2) is 0 Å². The van der Waals surface area contributed by atoms with Crippen LogP contribution in [0.15, 0.2) is 114 Å². The van der Waals surface area contributed by atoms with Crippen molar-refractivity contribution in [2.24, 2.45) is 0 Å². The van der Waals surface area contributed by atoms with E-state index in [1.165, 1.54) is 83.4 Å². The minimum absolute atomic E-state index is 0.00772. The monoisotopic (exact) mass is 791 g/mol. The lowest BCUT2D eigenvalue weighted by atomic mass is 9.33. The van der Waals surface area contributed by atoms with Crippen molar-refractivity contribution in [2.45, 2.75) is 131 Å². The van der Waals surface area contributed by atoms with Crippen LogP contribution in [-0.2, 0) is 27.1 Å². The minimum Gasteiger partial charge on any atom is -0.456 e. The van der Waals surface area contributed by atoms with Gasteiger partial charge in [-0.3, -0.25) is 0 Å². The predicted octanol–water partition coefficient (Wildman–Crippen LogP) is 14.2. The van der Waals surface area contributed by atoms with E-state index >= 15 is 0 Å². The molecule has 0 saturated carbocycles. The van der Waals surface area contributed by atoms with Crippen molar-refractivity contribution < 1.29 is 4.42 Å². The third-order valence-electron chi connectivity index (χ3n) is 13.2. The van der Waals surface area contributed by atoms with Crippen LogP contribution < -0.4 is 26.2 Å². The lowest BCUT2D eigenvalue weighted by Gasteiger charge is -2.45. The van der Waals surface area contributed by atoms with E-state index in [2.05, 4.69) is 223 Å². The Morgan fingerprint density at radius 1 is 0.350 bits per heavy atom. The van der Waals surface area contributed by atoms with Crippen LogP contribution in [0.1, 0.15) is 132 Å². The second-order valence-electron chi connectivity index (χ2n) is 22.9. The highest BCUT2D eigenvalue weighted by Gasteiger charge is 2.45. The number of hydrogen-bond donors (Lipinski definition) is 0. The molecule has 2 aliphatic rings. The molecule has 60 heavy (non-hydrogen) atoms. The second kappa shape index (κ2) is 13.1. The molecular formula is C56H63BN2O. The Morgan fingerprint density at radius 3 is 1.27 bits per heavy atom. The maximum absolute atomic E-state index is 6.81. The summed E-state index contributed by atoms with van der Waals surface area (Å²) in [6, 6.07) is 42.5. The maximum atomic E-state index is 6.81. The maximum Gasteiger partial charge on any atom is 0.252 e. The van der Waals surface area contributed by atoms with Crippen LogP contribution in [0.3, 0.4) is 0 Å². The van der Waals surface area contributed by atoms with Crippen molar-refractivity contribution in [1.29, 1.82) is 0 Å². The quantitative estimate of drug-likeness (QED) is 0.163. The van der Waals surface area contributed by atoms with Gasteiger partial charge in [-0.2, -0.15) is 0 Å². The van der Waals surface area contributed by atoms with Gasteiger partial charge in [-0.05, 0) is 126 Å². The molecule has 0 N–H and O–H groups in total. The van der Waals surface area contributed by atoms with E-state index in [-0.39, 0.29) is 33.8 Å². The van der Waals surface area contributed by atoms with Crippen LogP contribution in [0.5, 0.6) is 0 Å². The Kier molecular flexibility index (Phi) is 8.81. The molecule has 0 amide bonds. The van der Waals surface area contributed by atoms with E-state index in [4.69, 9.17) is 4.42 Å². The van der Waals surface area contributed by atoms with E-state index in [1.807, 2.05) is 0 Å². The first-order valence-corrected chi connectivity index (χ1v) is 22.0. The van der Waals surface area contributed by atoms with E-state index in [0.29, 0.717) is 0 Å².